The number of aromatic nitrogens is 2. The number of hydrogen-bond donors (Lipinski definition) is 0. The number of hydrogen-bond acceptors (Lipinski definition) is 2. The minimum absolute atomic E-state index is 0.885. The highest BCUT2D eigenvalue weighted by Gasteiger charge is 2.16. The third kappa shape index (κ3) is 2.13. The van der Waals surface area contributed by atoms with Crippen LogP contribution < -0.4 is 0 Å². The number of nitrogens with zero attached hydrogens (tertiary/aromatic N) is 2. The maximum atomic E-state index is 5.67. The maximum absolute atomic E-state index is 5.67. The van der Waals surface area contributed by atoms with Crippen LogP contribution in [0.3, 0.4) is 0 Å². The molecular weight excluding hydrogens is 344 g/mol. The van der Waals surface area contributed by atoms with E-state index in [2.05, 4.69) is 65.2 Å². The summed E-state index contributed by atoms with van der Waals surface area (Å²) in [5.41, 5.74) is 5.23. The van der Waals surface area contributed by atoms with Crippen molar-refractivity contribution < 1.29 is 4.42 Å². The normalized spacial score (nSPS) is 11.6. The monoisotopic (exact) mass is 360 g/mol. The summed E-state index contributed by atoms with van der Waals surface area (Å²) in [6.45, 7) is 0. The van der Waals surface area contributed by atoms with Crippen molar-refractivity contribution in [2.45, 2.75) is 0 Å². The van der Waals surface area contributed by atoms with Gasteiger partial charge in [-0.25, -0.2) is 4.98 Å². The summed E-state index contributed by atoms with van der Waals surface area (Å²) in [6.07, 6.45) is 1.75. The summed E-state index contributed by atoms with van der Waals surface area (Å²) < 4.78 is 7.92. The number of furan rings is 1. The fourth-order valence-corrected chi connectivity index (χ4v) is 4.06. The molecule has 3 heteroatoms. The molecule has 0 aliphatic heterocycles. The number of para-hydroxylation sites is 1. The van der Waals surface area contributed by atoms with E-state index in [1.54, 1.807) is 6.26 Å². The number of pyridine rings is 1. The summed E-state index contributed by atoms with van der Waals surface area (Å²) in [5, 5.41) is 3.52. The van der Waals surface area contributed by atoms with Crippen molar-refractivity contribution in [3.63, 3.8) is 0 Å². The molecule has 0 bridgehead atoms. The van der Waals surface area contributed by atoms with E-state index in [1.165, 1.54) is 10.8 Å². The van der Waals surface area contributed by atoms with E-state index in [4.69, 9.17) is 9.40 Å². The highest BCUT2D eigenvalue weighted by atomic mass is 16.3. The van der Waals surface area contributed by atoms with Crippen LogP contribution in [-0.4, -0.2) is 9.55 Å². The van der Waals surface area contributed by atoms with Crippen LogP contribution in [0.15, 0.2) is 102 Å². The van der Waals surface area contributed by atoms with E-state index < -0.39 is 0 Å². The molecule has 0 fully saturated rings. The highest BCUT2D eigenvalue weighted by Crippen LogP contribution is 2.36. The molecule has 0 amide bonds. The predicted molar refractivity (Wildman–Crippen MR) is 114 cm³/mol. The lowest BCUT2D eigenvalue weighted by Gasteiger charge is -2.09. The molecular formula is C25H16N2O. The van der Waals surface area contributed by atoms with Crippen LogP contribution in [0.4, 0.5) is 0 Å². The lowest BCUT2D eigenvalue weighted by Crippen LogP contribution is -1.98. The van der Waals surface area contributed by atoms with Crippen molar-refractivity contribution in [1.29, 1.82) is 0 Å². The summed E-state index contributed by atoms with van der Waals surface area (Å²) >= 11 is 0. The average molecular weight is 360 g/mol. The first-order valence-electron chi connectivity index (χ1n) is 9.32. The molecule has 132 valence electrons. The van der Waals surface area contributed by atoms with Crippen LogP contribution in [0.2, 0.25) is 0 Å². The average Bonchev–Trinajstić information content (AvgIpc) is 3.37. The van der Waals surface area contributed by atoms with Crippen molar-refractivity contribution in [3.05, 3.63) is 97.3 Å². The summed E-state index contributed by atoms with van der Waals surface area (Å²) in [5.74, 6) is 0.904. The van der Waals surface area contributed by atoms with E-state index in [0.29, 0.717) is 0 Å². The van der Waals surface area contributed by atoms with Crippen LogP contribution in [0, 0.1) is 0 Å². The molecule has 0 N–H and O–H groups in total. The molecule has 0 aliphatic carbocycles. The number of benzene rings is 3. The van der Waals surface area contributed by atoms with Gasteiger partial charge in [-0.2, -0.15) is 0 Å². The molecule has 28 heavy (non-hydrogen) atoms. The lowest BCUT2D eigenvalue weighted by molar-refractivity contribution is 0.616. The highest BCUT2D eigenvalue weighted by molar-refractivity contribution is 6.17. The van der Waals surface area contributed by atoms with Crippen LogP contribution in [0.25, 0.3) is 49.9 Å². The Morgan fingerprint density at radius 1 is 0.643 bits per heavy atom. The largest absolute Gasteiger partial charge is 0.464 e. The third-order valence-corrected chi connectivity index (χ3v) is 5.30. The molecule has 0 unspecified atom stereocenters. The van der Waals surface area contributed by atoms with E-state index in [-0.39, 0.29) is 0 Å². The molecule has 0 saturated heterocycles. The molecule has 0 aliphatic rings. The summed E-state index contributed by atoms with van der Waals surface area (Å²) in [4.78, 5) is 5.01. The Morgan fingerprint density at radius 2 is 1.50 bits per heavy atom. The Bertz CT molecular complexity index is 1460. The number of fused-ring (bicyclic) bond motifs is 5. The minimum atomic E-state index is 0.885. The lowest BCUT2D eigenvalue weighted by atomic mass is 10.1. The molecule has 0 atom stereocenters. The van der Waals surface area contributed by atoms with Gasteiger partial charge in [-0.3, -0.25) is 4.57 Å². The SMILES string of the molecule is c1ccc(-c2cccc(-n3c4ccccc4c4ccc5occc5c43)n2)cc1. The van der Waals surface area contributed by atoms with Gasteiger partial charge in [0.15, 0.2) is 0 Å². The van der Waals surface area contributed by atoms with Crippen LogP contribution in [-0.2, 0) is 0 Å². The van der Waals surface area contributed by atoms with Gasteiger partial charge in [0.1, 0.15) is 11.4 Å². The van der Waals surface area contributed by atoms with Gasteiger partial charge < -0.3 is 4.42 Å². The topological polar surface area (TPSA) is 31.0 Å². The van der Waals surface area contributed by atoms with E-state index in [0.717, 1.165) is 39.1 Å². The maximum Gasteiger partial charge on any atom is 0.138 e. The van der Waals surface area contributed by atoms with Gasteiger partial charge in [-0.15, -0.1) is 0 Å². The first-order valence-corrected chi connectivity index (χ1v) is 9.32. The minimum Gasteiger partial charge on any atom is -0.464 e. The molecule has 3 nitrogen and oxygen atoms in total. The summed E-state index contributed by atoms with van der Waals surface area (Å²) in [7, 11) is 0. The Labute approximate surface area is 161 Å². The summed E-state index contributed by atoms with van der Waals surface area (Å²) in [6, 6.07) is 31.2. The van der Waals surface area contributed by atoms with E-state index >= 15 is 0 Å². The van der Waals surface area contributed by atoms with Gasteiger partial charge in [0.05, 0.1) is 23.0 Å². The quantitative estimate of drug-likeness (QED) is 0.349. The van der Waals surface area contributed by atoms with Crippen LogP contribution in [0.5, 0.6) is 0 Å². The first kappa shape index (κ1) is 15.2. The van der Waals surface area contributed by atoms with Crippen molar-refractivity contribution in [2.24, 2.45) is 0 Å². The second-order valence-electron chi connectivity index (χ2n) is 6.89. The molecule has 0 radical (unpaired) electrons. The van der Waals surface area contributed by atoms with E-state index in [9.17, 15) is 0 Å². The molecule has 6 aromatic rings. The Morgan fingerprint density at radius 3 is 2.43 bits per heavy atom. The zero-order chi connectivity index (χ0) is 18.5. The van der Waals surface area contributed by atoms with Crippen molar-refractivity contribution in [1.82, 2.24) is 9.55 Å². The zero-order valence-corrected chi connectivity index (χ0v) is 15.0. The Balaban J connectivity index is 1.73. The van der Waals surface area contributed by atoms with Gasteiger partial charge in [0, 0.05) is 21.7 Å². The second kappa shape index (κ2) is 5.83. The van der Waals surface area contributed by atoms with Gasteiger partial charge in [-0.1, -0.05) is 54.6 Å². The first-order chi connectivity index (χ1) is 13.9. The fourth-order valence-electron chi connectivity index (χ4n) is 4.06. The molecule has 0 spiro atoms. The predicted octanol–water partition coefficient (Wildman–Crippen LogP) is 6.59. The van der Waals surface area contributed by atoms with Crippen molar-refractivity contribution >= 4 is 32.8 Å². The van der Waals surface area contributed by atoms with E-state index in [1.807, 2.05) is 30.3 Å². The fraction of sp³-hybridized carbons (Fsp3) is 0. The van der Waals surface area contributed by atoms with Gasteiger partial charge in [-0.05, 0) is 36.4 Å². The molecule has 6 rings (SSSR count). The van der Waals surface area contributed by atoms with Crippen molar-refractivity contribution in [2.75, 3.05) is 0 Å². The molecule has 0 saturated carbocycles. The smallest absolute Gasteiger partial charge is 0.138 e. The van der Waals surface area contributed by atoms with Gasteiger partial charge in [0.2, 0.25) is 0 Å². The zero-order valence-electron chi connectivity index (χ0n) is 15.0. The Kier molecular flexibility index (Phi) is 3.17. The standard InChI is InChI=1S/C25H16N2O/c1-2-7-17(8-3-1)21-10-6-12-24(26-21)27-22-11-5-4-9-18(22)19-13-14-23-20(25(19)27)15-16-28-23/h1-16H. The van der Waals surface area contributed by atoms with Crippen LogP contribution >= 0.6 is 0 Å². The molecule has 3 heterocycles. The van der Waals surface area contributed by atoms with Crippen LogP contribution in [0.1, 0.15) is 0 Å². The molecule has 3 aromatic heterocycles. The third-order valence-electron chi connectivity index (χ3n) is 5.30. The molecule has 3 aromatic carbocycles. The van der Waals surface area contributed by atoms with Gasteiger partial charge >= 0.3 is 0 Å². The second-order valence-corrected chi connectivity index (χ2v) is 6.89. The van der Waals surface area contributed by atoms with Crippen molar-refractivity contribution in [3.8, 4) is 17.1 Å². The van der Waals surface area contributed by atoms with Gasteiger partial charge in [0.25, 0.3) is 0 Å². The Hall–Kier alpha value is -3.85. The number of rotatable bonds is 2.